The van der Waals surface area contributed by atoms with Crippen LogP contribution in [-0.2, 0) is 26.0 Å². The number of hydrogen-bond donors (Lipinski definition) is 1. The standard InChI is InChI=1S/C24H35N3O4S/c1-16-6-4-5-7-22(16)25-24(29)19-10-12-26(13-11-19)32(30,31)21-8-9-23-20(15-21)14-17(2)27(23)18(3)28/h8-9,15-17,19,22H,4-7,10-14H2,1-3H3,(H,25,29)/t16-,17-,22+/m0/s1. The molecular formula is C24H35N3O4S. The molecule has 3 atom stereocenters. The number of anilines is 1. The molecule has 7 nitrogen and oxygen atoms in total. The first-order chi connectivity index (χ1) is 15.2. The third-order valence-electron chi connectivity index (χ3n) is 7.51. The van der Waals surface area contributed by atoms with Gasteiger partial charge in [-0.05, 0) is 68.7 Å². The smallest absolute Gasteiger partial charge is 0.243 e. The number of nitrogens with one attached hydrogen (secondary N) is 1. The van der Waals surface area contributed by atoms with Crippen molar-refractivity contribution in [3.8, 4) is 0 Å². The lowest BCUT2D eigenvalue weighted by molar-refractivity contribution is -0.127. The van der Waals surface area contributed by atoms with E-state index in [0.717, 1.165) is 30.5 Å². The van der Waals surface area contributed by atoms with Crippen LogP contribution in [0.25, 0.3) is 0 Å². The molecule has 0 unspecified atom stereocenters. The number of benzene rings is 1. The minimum atomic E-state index is -3.63. The minimum Gasteiger partial charge on any atom is -0.353 e. The monoisotopic (exact) mass is 461 g/mol. The van der Waals surface area contributed by atoms with E-state index in [-0.39, 0.29) is 34.7 Å². The molecule has 1 saturated carbocycles. The summed E-state index contributed by atoms with van der Waals surface area (Å²) in [5.41, 5.74) is 1.70. The maximum atomic E-state index is 13.3. The molecule has 8 heteroatoms. The van der Waals surface area contributed by atoms with Crippen LogP contribution < -0.4 is 10.2 Å². The molecule has 1 aliphatic carbocycles. The molecule has 2 heterocycles. The molecule has 2 amide bonds. The van der Waals surface area contributed by atoms with Gasteiger partial charge >= 0.3 is 0 Å². The van der Waals surface area contributed by atoms with Gasteiger partial charge in [0.1, 0.15) is 0 Å². The molecule has 1 aromatic carbocycles. The first-order valence-electron chi connectivity index (χ1n) is 11.9. The molecule has 32 heavy (non-hydrogen) atoms. The number of carbonyl (C=O) groups is 2. The lowest BCUT2D eigenvalue weighted by Crippen LogP contribution is -2.47. The molecule has 1 saturated heterocycles. The summed E-state index contributed by atoms with van der Waals surface area (Å²) in [5.74, 6) is 0.432. The van der Waals surface area contributed by atoms with E-state index in [4.69, 9.17) is 0 Å². The van der Waals surface area contributed by atoms with Crippen molar-refractivity contribution in [3.05, 3.63) is 23.8 Å². The second-order valence-electron chi connectivity index (χ2n) is 9.79. The first-order valence-corrected chi connectivity index (χ1v) is 13.4. The van der Waals surface area contributed by atoms with Gasteiger partial charge in [-0.25, -0.2) is 8.42 Å². The van der Waals surface area contributed by atoms with E-state index in [9.17, 15) is 18.0 Å². The first kappa shape index (κ1) is 23.2. The number of amides is 2. The molecule has 3 aliphatic rings. The average Bonchev–Trinajstić information content (AvgIpc) is 3.10. The predicted molar refractivity (Wildman–Crippen MR) is 124 cm³/mol. The van der Waals surface area contributed by atoms with E-state index in [1.54, 1.807) is 23.1 Å². The molecule has 0 spiro atoms. The molecule has 2 fully saturated rings. The SMILES string of the molecule is CC(=O)N1c2ccc(S(=O)(=O)N3CCC(C(=O)N[C@@H]4CCCC[C@@H]4C)CC3)cc2C[C@@H]1C. The Bertz CT molecular complexity index is 985. The quantitative estimate of drug-likeness (QED) is 0.747. The van der Waals surface area contributed by atoms with Crippen molar-refractivity contribution in [3.63, 3.8) is 0 Å². The minimum absolute atomic E-state index is 0.0293. The molecule has 1 N–H and O–H groups in total. The summed E-state index contributed by atoms with van der Waals surface area (Å²) in [5, 5.41) is 3.23. The Hall–Kier alpha value is -1.93. The van der Waals surface area contributed by atoms with Gasteiger partial charge in [-0.15, -0.1) is 0 Å². The van der Waals surface area contributed by atoms with Crippen LogP contribution in [0, 0.1) is 11.8 Å². The highest BCUT2D eigenvalue weighted by molar-refractivity contribution is 7.89. The molecule has 2 aliphatic heterocycles. The van der Waals surface area contributed by atoms with Gasteiger partial charge in [0.25, 0.3) is 0 Å². The van der Waals surface area contributed by atoms with Gasteiger partial charge in [0.2, 0.25) is 21.8 Å². The van der Waals surface area contributed by atoms with Crippen LogP contribution in [-0.4, -0.2) is 49.7 Å². The topological polar surface area (TPSA) is 86.8 Å². The maximum Gasteiger partial charge on any atom is 0.243 e. The average molecular weight is 462 g/mol. The number of hydrogen-bond acceptors (Lipinski definition) is 4. The Labute approximate surface area is 191 Å². The van der Waals surface area contributed by atoms with Gasteiger partial charge in [-0.1, -0.05) is 19.8 Å². The lowest BCUT2D eigenvalue weighted by atomic mass is 9.85. The molecule has 0 bridgehead atoms. The number of piperidine rings is 1. The fourth-order valence-corrected chi connectivity index (χ4v) is 7.11. The van der Waals surface area contributed by atoms with E-state index >= 15 is 0 Å². The molecule has 4 rings (SSSR count). The number of sulfonamides is 1. The molecule has 176 valence electrons. The van der Waals surface area contributed by atoms with Gasteiger partial charge in [0.15, 0.2) is 0 Å². The largest absolute Gasteiger partial charge is 0.353 e. The van der Waals surface area contributed by atoms with Crippen LogP contribution in [0.15, 0.2) is 23.1 Å². The van der Waals surface area contributed by atoms with Crippen molar-refractivity contribution < 1.29 is 18.0 Å². The third kappa shape index (κ3) is 4.44. The fourth-order valence-electron chi connectivity index (χ4n) is 5.59. The van der Waals surface area contributed by atoms with Gasteiger partial charge < -0.3 is 10.2 Å². The van der Waals surface area contributed by atoms with Crippen LogP contribution in [0.1, 0.15) is 64.9 Å². The number of rotatable bonds is 4. The van der Waals surface area contributed by atoms with E-state index in [1.807, 2.05) is 6.92 Å². The van der Waals surface area contributed by atoms with Crippen LogP contribution in [0.2, 0.25) is 0 Å². The normalized spacial score (nSPS) is 27.2. The maximum absolute atomic E-state index is 13.3. The zero-order chi connectivity index (χ0) is 23.0. The van der Waals surface area contributed by atoms with Crippen molar-refractivity contribution in [1.29, 1.82) is 0 Å². The number of carbonyl (C=O) groups excluding carboxylic acids is 2. The summed E-state index contributed by atoms with van der Waals surface area (Å²) < 4.78 is 28.0. The summed E-state index contributed by atoms with van der Waals surface area (Å²) in [6.45, 7) is 6.42. The number of fused-ring (bicyclic) bond motifs is 1. The van der Waals surface area contributed by atoms with E-state index in [1.165, 1.54) is 17.6 Å². The molecular weight excluding hydrogens is 426 g/mol. The van der Waals surface area contributed by atoms with Crippen LogP contribution in [0.4, 0.5) is 5.69 Å². The Morgan fingerprint density at radius 3 is 2.38 bits per heavy atom. The van der Waals surface area contributed by atoms with E-state index in [0.29, 0.717) is 38.3 Å². The van der Waals surface area contributed by atoms with E-state index < -0.39 is 10.0 Å². The predicted octanol–water partition coefficient (Wildman–Crippen LogP) is 3.08. The van der Waals surface area contributed by atoms with Crippen molar-refractivity contribution in [1.82, 2.24) is 9.62 Å². The lowest BCUT2D eigenvalue weighted by Gasteiger charge is -2.34. The summed E-state index contributed by atoms with van der Waals surface area (Å²) in [7, 11) is -3.63. The van der Waals surface area contributed by atoms with Crippen molar-refractivity contribution in [2.75, 3.05) is 18.0 Å². The second-order valence-corrected chi connectivity index (χ2v) is 11.7. The summed E-state index contributed by atoms with van der Waals surface area (Å²) in [4.78, 5) is 26.7. The highest BCUT2D eigenvalue weighted by atomic mass is 32.2. The highest BCUT2D eigenvalue weighted by Crippen LogP contribution is 2.35. The van der Waals surface area contributed by atoms with Crippen LogP contribution >= 0.6 is 0 Å². The Morgan fingerprint density at radius 2 is 1.72 bits per heavy atom. The van der Waals surface area contributed by atoms with Crippen molar-refractivity contribution in [2.24, 2.45) is 11.8 Å². The molecule has 0 radical (unpaired) electrons. The van der Waals surface area contributed by atoms with E-state index in [2.05, 4.69) is 12.2 Å². The zero-order valence-electron chi connectivity index (χ0n) is 19.3. The molecule has 1 aromatic rings. The van der Waals surface area contributed by atoms with Crippen molar-refractivity contribution >= 4 is 27.5 Å². The van der Waals surface area contributed by atoms with Gasteiger partial charge in [0, 0.05) is 43.7 Å². The summed E-state index contributed by atoms with van der Waals surface area (Å²) in [6, 6.07) is 5.35. The van der Waals surface area contributed by atoms with Crippen LogP contribution in [0.5, 0.6) is 0 Å². The van der Waals surface area contributed by atoms with Gasteiger partial charge in [-0.2, -0.15) is 4.31 Å². The van der Waals surface area contributed by atoms with Crippen LogP contribution in [0.3, 0.4) is 0 Å². The van der Waals surface area contributed by atoms with Crippen molar-refractivity contribution in [2.45, 2.75) is 82.7 Å². The fraction of sp³-hybridized carbons (Fsp3) is 0.667. The zero-order valence-corrected chi connectivity index (χ0v) is 20.2. The Morgan fingerprint density at radius 1 is 1.03 bits per heavy atom. The highest BCUT2D eigenvalue weighted by Gasteiger charge is 2.35. The van der Waals surface area contributed by atoms with Gasteiger partial charge in [-0.3, -0.25) is 9.59 Å². The third-order valence-corrected chi connectivity index (χ3v) is 9.40. The number of nitrogens with zero attached hydrogens (tertiary/aromatic N) is 2. The Balaban J connectivity index is 1.40. The summed E-state index contributed by atoms with van der Waals surface area (Å²) in [6.07, 6.45) is 6.34. The Kier molecular flexibility index (Phi) is 6.63. The molecule has 0 aromatic heterocycles. The van der Waals surface area contributed by atoms with Gasteiger partial charge in [0.05, 0.1) is 4.90 Å². The second kappa shape index (κ2) is 9.14. The summed E-state index contributed by atoms with van der Waals surface area (Å²) >= 11 is 0.